The van der Waals surface area contributed by atoms with E-state index in [1.165, 1.54) is 30.5 Å². The SMILES string of the molecule is CCOC(=O)c1ncccc1C(SC)c1cccc(N(C)S(C)(=O)=O)c1C(F)(F)F. The molecule has 2 rings (SSSR count). The highest BCUT2D eigenvalue weighted by atomic mass is 32.2. The predicted molar refractivity (Wildman–Crippen MR) is 110 cm³/mol. The van der Waals surface area contributed by atoms with Crippen LogP contribution in [0.4, 0.5) is 18.9 Å². The number of carbonyl (C=O) groups is 1. The molecular weight excluding hydrogens is 441 g/mol. The molecule has 1 atom stereocenters. The molecule has 0 radical (unpaired) electrons. The number of carbonyl (C=O) groups excluding carboxylic acids is 1. The summed E-state index contributed by atoms with van der Waals surface area (Å²) < 4.78 is 71.8. The van der Waals surface area contributed by atoms with Crippen LogP contribution in [0.2, 0.25) is 0 Å². The van der Waals surface area contributed by atoms with E-state index in [9.17, 15) is 26.4 Å². The molecule has 0 bridgehead atoms. The molecule has 1 aromatic carbocycles. The lowest BCUT2D eigenvalue weighted by atomic mass is 9.96. The number of nitrogens with zero attached hydrogens (tertiary/aromatic N) is 2. The lowest BCUT2D eigenvalue weighted by molar-refractivity contribution is -0.137. The zero-order chi connectivity index (χ0) is 22.7. The molecule has 0 aliphatic heterocycles. The Hall–Kier alpha value is -2.27. The van der Waals surface area contributed by atoms with Crippen LogP contribution in [-0.2, 0) is 20.9 Å². The van der Waals surface area contributed by atoms with Crippen molar-refractivity contribution in [3.8, 4) is 0 Å². The van der Waals surface area contributed by atoms with Gasteiger partial charge in [0.05, 0.1) is 29.4 Å². The summed E-state index contributed by atoms with van der Waals surface area (Å²) in [6, 6.07) is 6.74. The van der Waals surface area contributed by atoms with E-state index in [1.54, 1.807) is 13.2 Å². The number of pyridine rings is 1. The number of ether oxygens (including phenoxy) is 1. The van der Waals surface area contributed by atoms with Crippen molar-refractivity contribution in [2.75, 3.05) is 30.5 Å². The van der Waals surface area contributed by atoms with E-state index in [4.69, 9.17) is 4.74 Å². The maximum Gasteiger partial charge on any atom is 0.418 e. The fourth-order valence-electron chi connectivity index (χ4n) is 2.95. The third-order valence-corrected chi connectivity index (χ3v) is 6.47. The van der Waals surface area contributed by atoms with Gasteiger partial charge in [0, 0.05) is 18.8 Å². The third kappa shape index (κ3) is 5.07. The van der Waals surface area contributed by atoms with E-state index in [-0.39, 0.29) is 23.4 Å². The van der Waals surface area contributed by atoms with Crippen LogP contribution in [-0.4, -0.2) is 45.5 Å². The second-order valence-electron chi connectivity index (χ2n) is 6.25. The van der Waals surface area contributed by atoms with E-state index < -0.39 is 38.7 Å². The smallest absolute Gasteiger partial charge is 0.418 e. The Kier molecular flexibility index (Phi) is 7.40. The maximum absolute atomic E-state index is 14.1. The minimum atomic E-state index is -4.84. The number of alkyl halides is 3. The van der Waals surface area contributed by atoms with E-state index in [2.05, 4.69) is 4.98 Å². The molecule has 1 unspecified atom stereocenters. The van der Waals surface area contributed by atoms with Crippen molar-refractivity contribution in [2.24, 2.45) is 0 Å². The quantitative estimate of drug-likeness (QED) is 0.576. The standard InChI is InChI=1S/C19H21F3N2O4S2/c1-5-28-18(25)16-13(9-7-11-23-16)17(29-3)12-8-6-10-14(15(12)19(20,21)22)24(2)30(4,26)27/h6-11,17H,5H2,1-4H3. The number of aromatic nitrogens is 1. The van der Waals surface area contributed by atoms with Gasteiger partial charge in [0.15, 0.2) is 5.69 Å². The molecule has 0 saturated carbocycles. The van der Waals surface area contributed by atoms with Gasteiger partial charge in [0.1, 0.15) is 0 Å². The highest BCUT2D eigenvalue weighted by Gasteiger charge is 2.40. The van der Waals surface area contributed by atoms with Crippen LogP contribution in [0.5, 0.6) is 0 Å². The Balaban J connectivity index is 2.79. The van der Waals surface area contributed by atoms with Gasteiger partial charge in [-0.3, -0.25) is 4.31 Å². The fraction of sp³-hybridized carbons (Fsp3) is 0.368. The average Bonchev–Trinajstić information content (AvgIpc) is 2.67. The van der Waals surface area contributed by atoms with Gasteiger partial charge in [-0.1, -0.05) is 18.2 Å². The minimum absolute atomic E-state index is 0.0845. The molecule has 6 nitrogen and oxygen atoms in total. The monoisotopic (exact) mass is 462 g/mol. The van der Waals surface area contributed by atoms with E-state index in [0.29, 0.717) is 4.31 Å². The van der Waals surface area contributed by atoms with Crippen molar-refractivity contribution in [2.45, 2.75) is 18.3 Å². The predicted octanol–water partition coefficient (Wildman–Crippen LogP) is 4.13. The molecule has 1 heterocycles. The molecule has 0 spiro atoms. The van der Waals surface area contributed by atoms with Gasteiger partial charge in [-0.25, -0.2) is 18.2 Å². The van der Waals surface area contributed by atoms with Crippen LogP contribution >= 0.6 is 11.8 Å². The summed E-state index contributed by atoms with van der Waals surface area (Å²) in [7, 11) is -2.88. The maximum atomic E-state index is 14.1. The molecule has 0 N–H and O–H groups in total. The normalized spacial score (nSPS) is 13.0. The molecule has 0 amide bonds. The Morgan fingerprint density at radius 1 is 1.23 bits per heavy atom. The minimum Gasteiger partial charge on any atom is -0.461 e. The number of thioether (sulfide) groups is 1. The van der Waals surface area contributed by atoms with E-state index in [0.717, 1.165) is 31.1 Å². The summed E-state index contributed by atoms with van der Waals surface area (Å²) in [5.74, 6) is -0.745. The first-order valence-corrected chi connectivity index (χ1v) is 11.9. The summed E-state index contributed by atoms with van der Waals surface area (Å²) in [6.07, 6.45) is -1.07. The summed E-state index contributed by atoms with van der Waals surface area (Å²) in [6.45, 7) is 1.69. The van der Waals surface area contributed by atoms with Gasteiger partial charge >= 0.3 is 12.1 Å². The highest BCUT2D eigenvalue weighted by molar-refractivity contribution is 7.99. The van der Waals surface area contributed by atoms with Gasteiger partial charge in [0.25, 0.3) is 0 Å². The second-order valence-corrected chi connectivity index (χ2v) is 9.20. The molecule has 0 aliphatic carbocycles. The highest BCUT2D eigenvalue weighted by Crippen LogP contribution is 2.46. The molecule has 30 heavy (non-hydrogen) atoms. The first kappa shape index (κ1) is 24.0. The lowest BCUT2D eigenvalue weighted by Gasteiger charge is -2.27. The van der Waals surface area contributed by atoms with Crippen molar-refractivity contribution in [1.82, 2.24) is 4.98 Å². The first-order chi connectivity index (χ1) is 13.9. The summed E-state index contributed by atoms with van der Waals surface area (Å²) in [5.41, 5.74) is -1.61. The molecule has 0 saturated heterocycles. The van der Waals surface area contributed by atoms with Crippen molar-refractivity contribution < 1.29 is 31.1 Å². The van der Waals surface area contributed by atoms with Gasteiger partial charge in [-0.2, -0.15) is 24.9 Å². The first-order valence-electron chi connectivity index (χ1n) is 8.72. The van der Waals surface area contributed by atoms with Crippen LogP contribution in [0.3, 0.4) is 0 Å². The Bertz CT molecular complexity index is 1030. The summed E-state index contributed by atoms with van der Waals surface area (Å²) >= 11 is 1.07. The summed E-state index contributed by atoms with van der Waals surface area (Å²) in [4.78, 5) is 16.3. The number of esters is 1. The van der Waals surface area contributed by atoms with Crippen LogP contribution < -0.4 is 4.31 Å². The van der Waals surface area contributed by atoms with Crippen LogP contribution in [0, 0.1) is 0 Å². The lowest BCUT2D eigenvalue weighted by Crippen LogP contribution is -2.28. The topological polar surface area (TPSA) is 76.6 Å². The Labute approximate surface area is 177 Å². The van der Waals surface area contributed by atoms with Crippen molar-refractivity contribution in [1.29, 1.82) is 0 Å². The number of hydrogen-bond acceptors (Lipinski definition) is 6. The number of hydrogen-bond donors (Lipinski definition) is 0. The number of benzene rings is 1. The molecule has 1 aromatic heterocycles. The van der Waals surface area contributed by atoms with E-state index >= 15 is 0 Å². The fourth-order valence-corrected chi connectivity index (χ4v) is 4.35. The molecular formula is C19H21F3N2O4S2. The molecule has 0 aliphatic rings. The van der Waals surface area contributed by atoms with E-state index in [1.807, 2.05) is 0 Å². The molecule has 2 aromatic rings. The number of anilines is 1. The van der Waals surface area contributed by atoms with Crippen molar-refractivity contribution in [3.05, 3.63) is 58.9 Å². The largest absolute Gasteiger partial charge is 0.461 e. The third-order valence-electron chi connectivity index (χ3n) is 4.30. The zero-order valence-corrected chi connectivity index (χ0v) is 18.4. The number of sulfonamides is 1. The number of halogens is 3. The van der Waals surface area contributed by atoms with Gasteiger partial charge < -0.3 is 4.74 Å². The molecule has 11 heteroatoms. The number of rotatable bonds is 7. The average molecular weight is 463 g/mol. The van der Waals surface area contributed by atoms with Gasteiger partial charge in [-0.05, 0) is 30.9 Å². The van der Waals surface area contributed by atoms with Crippen molar-refractivity contribution in [3.63, 3.8) is 0 Å². The molecule has 0 fully saturated rings. The zero-order valence-electron chi connectivity index (χ0n) is 16.7. The molecule has 164 valence electrons. The van der Waals surface area contributed by atoms with Crippen LogP contribution in [0.15, 0.2) is 36.5 Å². The van der Waals surface area contributed by atoms with Crippen LogP contribution in [0.25, 0.3) is 0 Å². The van der Waals surface area contributed by atoms with Gasteiger partial charge in [-0.15, -0.1) is 0 Å². The Morgan fingerprint density at radius 3 is 2.40 bits per heavy atom. The van der Waals surface area contributed by atoms with Crippen molar-refractivity contribution >= 4 is 33.4 Å². The van der Waals surface area contributed by atoms with Gasteiger partial charge in [0.2, 0.25) is 10.0 Å². The second kappa shape index (κ2) is 9.25. The summed E-state index contributed by atoms with van der Waals surface area (Å²) in [5, 5.41) is -0.942. The van der Waals surface area contributed by atoms with Crippen LogP contribution in [0.1, 0.15) is 39.4 Å². The Morgan fingerprint density at radius 2 is 1.87 bits per heavy atom.